The lowest BCUT2D eigenvalue weighted by molar-refractivity contribution is 0.111. The number of nitrogen functional groups attached to an aromatic ring is 2. The van der Waals surface area contributed by atoms with E-state index in [9.17, 15) is 9.59 Å². The van der Waals surface area contributed by atoms with Gasteiger partial charge < -0.3 is 21.9 Å². The molecule has 0 aromatic heterocycles. The number of aliphatic imine (C=N–C) groups is 2. The molecule has 0 aliphatic carbocycles. The number of nitrogens with one attached hydrogen (secondary N) is 1. The molecule has 0 fully saturated rings. The number of hydrogen-bond donors (Lipinski definition) is 4. The zero-order valence-corrected chi connectivity index (χ0v) is 31.4. The number of benzene rings is 8. The highest BCUT2D eigenvalue weighted by molar-refractivity contribution is 6.19. The quantitative estimate of drug-likeness (QED) is 0.104. The topological polar surface area (TPSA) is 143 Å². The Bertz CT molecular complexity index is 2600. The van der Waals surface area contributed by atoms with Crippen LogP contribution in [0.4, 0.5) is 28.4 Å². The lowest BCUT2D eigenvalue weighted by Gasteiger charge is -2.20. The molecule has 0 bridgehead atoms. The van der Waals surface area contributed by atoms with Gasteiger partial charge in [-0.15, -0.1) is 0 Å². The van der Waals surface area contributed by atoms with Crippen molar-refractivity contribution in [2.75, 3.05) is 23.4 Å². The summed E-state index contributed by atoms with van der Waals surface area (Å²) in [5.74, 6) is 0.878. The minimum Gasteiger partial charge on any atom is -0.398 e. The molecule has 8 nitrogen and oxygen atoms in total. The number of fused-ring (bicyclic) bond motifs is 1. The molecule has 10 rings (SSSR count). The number of anilines is 3. The first kappa shape index (κ1) is 40.2. The molecule has 0 unspecified atom stereocenters. The summed E-state index contributed by atoms with van der Waals surface area (Å²) in [5, 5.41) is 18.1. The van der Waals surface area contributed by atoms with Gasteiger partial charge >= 0.3 is 0 Å². The van der Waals surface area contributed by atoms with Gasteiger partial charge in [-0.1, -0.05) is 135 Å². The SMILES string of the molecule is C.CCO.Nc1cccc2cccc(N)c12.O=Cc1ccc(C=O)cc1.c1cc2c3c(cccc3c1)N=C(c1ccc(C3=Nc4cccc5cccc(c45)N3)cc1)C2. The Morgan fingerprint density at radius 2 is 1.02 bits per heavy atom. The second-order valence-electron chi connectivity index (χ2n) is 13.4. The predicted molar refractivity (Wildman–Crippen MR) is 244 cm³/mol. The Balaban J connectivity index is 0.000000179. The molecule has 8 aromatic rings. The van der Waals surface area contributed by atoms with Gasteiger partial charge in [-0.05, 0) is 64.5 Å². The van der Waals surface area contributed by atoms with Gasteiger partial charge in [0.2, 0.25) is 0 Å². The molecule has 0 amide bonds. The summed E-state index contributed by atoms with van der Waals surface area (Å²) >= 11 is 0. The number of aliphatic hydroxyl groups is 1. The lowest BCUT2D eigenvalue weighted by atomic mass is 9.93. The zero-order valence-electron chi connectivity index (χ0n) is 31.4. The minimum absolute atomic E-state index is 0. The number of rotatable bonds is 4. The van der Waals surface area contributed by atoms with Crippen LogP contribution in [-0.2, 0) is 6.42 Å². The van der Waals surface area contributed by atoms with Crippen LogP contribution in [-0.4, -0.2) is 35.8 Å². The van der Waals surface area contributed by atoms with E-state index in [0.717, 1.165) is 80.9 Å². The fourth-order valence-electron chi connectivity index (χ4n) is 6.97. The summed E-state index contributed by atoms with van der Waals surface area (Å²) in [6.07, 6.45) is 2.34. The Kier molecular flexibility index (Phi) is 12.8. The molecular weight excluding hydrogens is 719 g/mol. The van der Waals surface area contributed by atoms with Crippen LogP contribution in [0.1, 0.15) is 51.8 Å². The third-order valence-electron chi connectivity index (χ3n) is 9.62. The number of aldehydes is 2. The maximum Gasteiger partial charge on any atom is 0.150 e. The van der Waals surface area contributed by atoms with Gasteiger partial charge in [-0.2, -0.15) is 0 Å². The Labute approximate surface area is 338 Å². The van der Waals surface area contributed by atoms with Gasteiger partial charge in [-0.25, -0.2) is 4.99 Å². The van der Waals surface area contributed by atoms with E-state index in [-0.39, 0.29) is 14.0 Å². The van der Waals surface area contributed by atoms with E-state index < -0.39 is 0 Å². The van der Waals surface area contributed by atoms with Crippen molar-refractivity contribution in [2.45, 2.75) is 20.8 Å². The van der Waals surface area contributed by atoms with Crippen molar-refractivity contribution in [1.82, 2.24) is 0 Å². The molecule has 0 radical (unpaired) electrons. The van der Waals surface area contributed by atoms with E-state index in [0.29, 0.717) is 11.1 Å². The average Bonchev–Trinajstić information content (AvgIpc) is 3.25. The van der Waals surface area contributed by atoms with Gasteiger partial charge in [0.15, 0.2) is 0 Å². The Hall–Kier alpha value is -7.42. The van der Waals surface area contributed by atoms with Gasteiger partial charge in [0.1, 0.15) is 18.4 Å². The number of aliphatic hydroxyl groups excluding tert-OH is 1. The van der Waals surface area contributed by atoms with E-state index in [1.807, 2.05) is 36.4 Å². The molecule has 8 heteroatoms. The zero-order chi connectivity index (χ0) is 39.7. The second kappa shape index (κ2) is 18.5. The predicted octanol–water partition coefficient (Wildman–Crippen LogP) is 11.1. The first-order valence-electron chi connectivity index (χ1n) is 18.6. The number of hydrogen-bond acceptors (Lipinski definition) is 8. The summed E-state index contributed by atoms with van der Waals surface area (Å²) in [6.45, 7) is 1.93. The number of carbonyl (C=O) groups excluding carboxylic acids is 2. The maximum atomic E-state index is 10.1. The molecule has 0 spiro atoms. The van der Waals surface area contributed by atoms with Crippen molar-refractivity contribution in [2.24, 2.45) is 9.98 Å². The smallest absolute Gasteiger partial charge is 0.150 e. The van der Waals surface area contributed by atoms with Crippen molar-refractivity contribution >= 4 is 84.9 Å². The van der Waals surface area contributed by atoms with Crippen molar-refractivity contribution in [3.8, 4) is 0 Å². The van der Waals surface area contributed by atoms with E-state index in [4.69, 9.17) is 26.6 Å². The molecule has 288 valence electrons. The summed E-state index contributed by atoms with van der Waals surface area (Å²) < 4.78 is 0. The molecule has 0 saturated carbocycles. The Morgan fingerprint density at radius 3 is 1.55 bits per heavy atom. The van der Waals surface area contributed by atoms with Gasteiger partial charge in [0.05, 0.1) is 17.1 Å². The lowest BCUT2D eigenvalue weighted by Crippen LogP contribution is -2.16. The van der Waals surface area contributed by atoms with Gasteiger partial charge in [-0.3, -0.25) is 14.6 Å². The van der Waals surface area contributed by atoms with E-state index in [1.54, 1.807) is 31.2 Å². The van der Waals surface area contributed by atoms with Crippen molar-refractivity contribution in [1.29, 1.82) is 0 Å². The molecule has 2 aliphatic rings. The maximum absolute atomic E-state index is 10.1. The normalized spacial score (nSPS) is 11.8. The van der Waals surface area contributed by atoms with E-state index >= 15 is 0 Å². The second-order valence-corrected chi connectivity index (χ2v) is 13.4. The number of nitrogens with zero attached hydrogens (tertiary/aromatic N) is 2. The van der Waals surface area contributed by atoms with Crippen molar-refractivity contribution in [3.63, 3.8) is 0 Å². The molecular formula is C50H45N5O3. The highest BCUT2D eigenvalue weighted by atomic mass is 16.2. The Morgan fingerprint density at radius 1 is 0.569 bits per heavy atom. The van der Waals surface area contributed by atoms with Crippen LogP contribution in [0.15, 0.2) is 168 Å². The minimum atomic E-state index is 0. The summed E-state index contributed by atoms with van der Waals surface area (Å²) in [7, 11) is 0. The number of nitrogens with two attached hydrogens (primary N) is 2. The largest absolute Gasteiger partial charge is 0.398 e. The van der Waals surface area contributed by atoms with Crippen LogP contribution in [0, 0.1) is 0 Å². The first-order chi connectivity index (χ1) is 27.9. The summed E-state index contributed by atoms with van der Waals surface area (Å²) in [6, 6.07) is 52.1. The van der Waals surface area contributed by atoms with Crippen LogP contribution in [0.5, 0.6) is 0 Å². The van der Waals surface area contributed by atoms with E-state index in [2.05, 4.69) is 102 Å². The third-order valence-corrected chi connectivity index (χ3v) is 9.62. The number of amidine groups is 1. The molecule has 0 saturated heterocycles. The average molecular weight is 764 g/mol. The van der Waals surface area contributed by atoms with Crippen LogP contribution in [0.2, 0.25) is 0 Å². The summed E-state index contributed by atoms with van der Waals surface area (Å²) in [4.78, 5) is 30.1. The molecule has 2 aliphatic heterocycles. The van der Waals surface area contributed by atoms with Crippen LogP contribution in [0.25, 0.3) is 32.3 Å². The fourth-order valence-corrected chi connectivity index (χ4v) is 6.97. The van der Waals surface area contributed by atoms with Crippen LogP contribution >= 0.6 is 0 Å². The van der Waals surface area contributed by atoms with Crippen molar-refractivity contribution < 1.29 is 14.7 Å². The van der Waals surface area contributed by atoms with Gasteiger partial charge in [0, 0.05) is 62.9 Å². The number of carbonyl (C=O) groups is 2. The monoisotopic (exact) mass is 763 g/mol. The highest BCUT2D eigenvalue weighted by Crippen LogP contribution is 2.37. The molecule has 0 atom stereocenters. The van der Waals surface area contributed by atoms with E-state index in [1.165, 1.54) is 27.1 Å². The molecule has 58 heavy (non-hydrogen) atoms. The van der Waals surface area contributed by atoms with Crippen molar-refractivity contribution in [3.05, 3.63) is 186 Å². The molecule has 2 heterocycles. The van der Waals surface area contributed by atoms with Crippen LogP contribution < -0.4 is 16.8 Å². The summed E-state index contributed by atoms with van der Waals surface area (Å²) in [5.41, 5.74) is 22.1. The van der Waals surface area contributed by atoms with Gasteiger partial charge in [0.25, 0.3) is 0 Å². The molecule has 8 aromatic carbocycles. The third kappa shape index (κ3) is 8.68. The standard InChI is InChI=1S/C29H19N3.C10H10N2.C8H6O2.C2H6O.CH4/c1-5-19-6-2-10-23-27(19)22(9-1)17-26(30-23)18-13-15-21(16-14-18)29-31-24-11-3-7-20-8-4-12-25(32-29)28(20)24;11-8-5-1-3-7-4-2-6-9(12)10(7)8;9-5-7-1-2-8(6-10)4-3-7;1-2-3;/h1-16H,17H2,(H,31,32);1-6H,11-12H2;1-6H;3H,2H2,1H3;1H4. The first-order valence-corrected chi connectivity index (χ1v) is 18.6. The van der Waals surface area contributed by atoms with Crippen LogP contribution in [0.3, 0.4) is 0 Å². The molecule has 6 N–H and O–H groups in total. The highest BCUT2D eigenvalue weighted by Gasteiger charge is 2.18. The fraction of sp³-hybridized carbons (Fsp3) is 0.0800.